The van der Waals surface area contributed by atoms with Crippen molar-refractivity contribution in [3.05, 3.63) is 24.2 Å². The van der Waals surface area contributed by atoms with E-state index in [1.807, 2.05) is 0 Å². The van der Waals surface area contributed by atoms with Gasteiger partial charge in [-0.1, -0.05) is 0 Å². The number of carbonyl (C=O) groups excluding carboxylic acids is 3. The molecule has 2 heterocycles. The van der Waals surface area contributed by atoms with E-state index >= 15 is 0 Å². The molecule has 23 heavy (non-hydrogen) atoms. The zero-order valence-electron chi connectivity index (χ0n) is 12.9. The molecule has 2 atom stereocenters. The summed E-state index contributed by atoms with van der Waals surface area (Å²) in [6.45, 7) is 2.12. The molecule has 0 aromatic carbocycles. The molecule has 0 bridgehead atoms. The van der Waals surface area contributed by atoms with E-state index in [4.69, 9.17) is 4.42 Å². The van der Waals surface area contributed by atoms with Gasteiger partial charge in [-0.05, 0) is 18.6 Å². The Morgan fingerprint density at radius 2 is 2.17 bits per heavy atom. The molecule has 3 N–H and O–H groups in total. The maximum absolute atomic E-state index is 12.3. The number of amides is 3. The van der Waals surface area contributed by atoms with Crippen LogP contribution in [0.3, 0.4) is 0 Å². The highest BCUT2D eigenvalue weighted by molar-refractivity contribution is 5.92. The van der Waals surface area contributed by atoms with Gasteiger partial charge in [-0.25, -0.2) is 0 Å². The number of nitrogens with one attached hydrogen (secondary N) is 2. The van der Waals surface area contributed by atoms with Gasteiger partial charge in [0.2, 0.25) is 11.8 Å². The maximum Gasteiger partial charge on any atom is 0.289 e. The van der Waals surface area contributed by atoms with Crippen molar-refractivity contribution in [2.75, 3.05) is 19.6 Å². The van der Waals surface area contributed by atoms with E-state index < -0.39 is 6.10 Å². The minimum Gasteiger partial charge on any atom is -0.459 e. The van der Waals surface area contributed by atoms with Gasteiger partial charge < -0.3 is 25.1 Å². The van der Waals surface area contributed by atoms with Crippen LogP contribution in [0.5, 0.6) is 0 Å². The molecule has 126 valence electrons. The van der Waals surface area contributed by atoms with E-state index in [1.54, 1.807) is 12.1 Å². The third kappa shape index (κ3) is 4.82. The topological polar surface area (TPSA) is 112 Å². The molecular formula is C15H21N3O5. The Morgan fingerprint density at radius 1 is 1.39 bits per heavy atom. The van der Waals surface area contributed by atoms with Crippen molar-refractivity contribution in [2.45, 2.75) is 31.9 Å². The summed E-state index contributed by atoms with van der Waals surface area (Å²) >= 11 is 0. The highest BCUT2D eigenvalue weighted by Gasteiger charge is 2.35. The molecule has 1 aliphatic heterocycles. The van der Waals surface area contributed by atoms with Gasteiger partial charge in [-0.15, -0.1) is 0 Å². The van der Waals surface area contributed by atoms with Crippen LogP contribution >= 0.6 is 0 Å². The van der Waals surface area contributed by atoms with Crippen molar-refractivity contribution in [1.29, 1.82) is 0 Å². The minimum absolute atomic E-state index is 0.168. The van der Waals surface area contributed by atoms with E-state index in [9.17, 15) is 19.5 Å². The molecule has 8 heteroatoms. The molecule has 0 aliphatic carbocycles. The van der Waals surface area contributed by atoms with Gasteiger partial charge in [0.15, 0.2) is 5.76 Å². The van der Waals surface area contributed by atoms with Crippen LogP contribution in [0, 0.1) is 0 Å². The Labute approximate surface area is 133 Å². The fraction of sp³-hybridized carbons (Fsp3) is 0.533. The monoisotopic (exact) mass is 323 g/mol. The molecule has 0 unspecified atom stereocenters. The Kier molecular flexibility index (Phi) is 5.75. The average Bonchev–Trinajstić information content (AvgIpc) is 3.13. The lowest BCUT2D eigenvalue weighted by molar-refractivity contribution is -0.121. The van der Waals surface area contributed by atoms with Crippen LogP contribution < -0.4 is 10.6 Å². The number of carbonyl (C=O) groups is 3. The van der Waals surface area contributed by atoms with Crippen LogP contribution in [0.15, 0.2) is 22.8 Å². The molecule has 1 aliphatic rings. The van der Waals surface area contributed by atoms with Gasteiger partial charge in [0.1, 0.15) is 0 Å². The number of likely N-dealkylation sites (tertiary alicyclic amines) is 1. The summed E-state index contributed by atoms with van der Waals surface area (Å²) in [5.74, 6) is -0.498. The molecule has 1 aromatic heterocycles. The Balaban J connectivity index is 1.84. The number of β-amino-alcohol motifs (C(OH)–C–C–N with tert-alkyl or cyclic N) is 1. The Bertz CT molecular complexity index is 557. The van der Waals surface area contributed by atoms with E-state index in [0.29, 0.717) is 6.42 Å². The van der Waals surface area contributed by atoms with Gasteiger partial charge >= 0.3 is 0 Å². The molecular weight excluding hydrogens is 302 g/mol. The number of aliphatic hydroxyl groups excluding tert-OH is 1. The highest BCUT2D eigenvalue weighted by Crippen LogP contribution is 2.20. The summed E-state index contributed by atoms with van der Waals surface area (Å²) in [7, 11) is 0. The number of rotatable bonds is 6. The Hall–Kier alpha value is -2.35. The smallest absolute Gasteiger partial charge is 0.289 e. The molecule has 0 spiro atoms. The summed E-state index contributed by atoms with van der Waals surface area (Å²) in [6.07, 6.45) is 1.37. The largest absolute Gasteiger partial charge is 0.459 e. The van der Waals surface area contributed by atoms with Crippen molar-refractivity contribution < 1.29 is 23.9 Å². The fourth-order valence-corrected chi connectivity index (χ4v) is 2.55. The van der Waals surface area contributed by atoms with Crippen LogP contribution in [0.2, 0.25) is 0 Å². The third-order valence-electron chi connectivity index (χ3n) is 3.65. The molecule has 1 saturated heterocycles. The molecule has 0 saturated carbocycles. The lowest BCUT2D eigenvalue weighted by atomic mass is 10.2. The molecule has 3 amide bonds. The van der Waals surface area contributed by atoms with E-state index in [2.05, 4.69) is 10.6 Å². The second kappa shape index (κ2) is 7.77. The van der Waals surface area contributed by atoms with Crippen LogP contribution in [0.1, 0.15) is 30.3 Å². The quantitative estimate of drug-likeness (QED) is 0.653. The first-order valence-electron chi connectivity index (χ1n) is 7.51. The van der Waals surface area contributed by atoms with Crippen molar-refractivity contribution >= 4 is 17.7 Å². The first-order chi connectivity index (χ1) is 11.0. The SMILES string of the molecule is CC(=O)NCCC(=O)NC[C@@H]1C[C@@H](O)CN1C(=O)c1ccco1. The van der Waals surface area contributed by atoms with Gasteiger partial charge in [0, 0.05) is 33.0 Å². The predicted molar refractivity (Wildman–Crippen MR) is 80.5 cm³/mol. The number of hydrogen-bond acceptors (Lipinski definition) is 5. The molecule has 0 radical (unpaired) electrons. The van der Waals surface area contributed by atoms with Crippen LogP contribution in [-0.2, 0) is 9.59 Å². The third-order valence-corrected chi connectivity index (χ3v) is 3.65. The van der Waals surface area contributed by atoms with E-state index in [1.165, 1.54) is 18.1 Å². The first-order valence-corrected chi connectivity index (χ1v) is 7.51. The second-order valence-electron chi connectivity index (χ2n) is 5.52. The molecule has 1 fully saturated rings. The second-order valence-corrected chi connectivity index (χ2v) is 5.52. The standard InChI is InChI=1S/C15H21N3O5/c1-10(19)16-5-4-14(21)17-8-11-7-12(20)9-18(11)15(22)13-3-2-6-23-13/h2-3,6,11-12,20H,4-5,7-9H2,1H3,(H,16,19)(H,17,21)/t11-,12+/m0/s1. The fourth-order valence-electron chi connectivity index (χ4n) is 2.55. The van der Waals surface area contributed by atoms with Crippen LogP contribution in [0.4, 0.5) is 0 Å². The Morgan fingerprint density at radius 3 is 2.83 bits per heavy atom. The van der Waals surface area contributed by atoms with Crippen molar-refractivity contribution in [3.63, 3.8) is 0 Å². The van der Waals surface area contributed by atoms with E-state index in [-0.39, 0.29) is 55.6 Å². The highest BCUT2D eigenvalue weighted by atomic mass is 16.3. The zero-order valence-corrected chi connectivity index (χ0v) is 12.9. The zero-order chi connectivity index (χ0) is 16.8. The predicted octanol–water partition coefficient (Wildman–Crippen LogP) is -0.503. The number of furan rings is 1. The summed E-state index contributed by atoms with van der Waals surface area (Å²) < 4.78 is 5.09. The normalized spacial score (nSPS) is 20.3. The van der Waals surface area contributed by atoms with Crippen molar-refractivity contribution in [2.24, 2.45) is 0 Å². The molecule has 2 rings (SSSR count). The lowest BCUT2D eigenvalue weighted by Gasteiger charge is -2.23. The van der Waals surface area contributed by atoms with Crippen molar-refractivity contribution in [1.82, 2.24) is 15.5 Å². The summed E-state index contributed by atoms with van der Waals surface area (Å²) in [5.41, 5.74) is 0. The lowest BCUT2D eigenvalue weighted by Crippen LogP contribution is -2.43. The van der Waals surface area contributed by atoms with Gasteiger partial charge in [0.05, 0.1) is 18.4 Å². The van der Waals surface area contributed by atoms with E-state index in [0.717, 1.165) is 0 Å². The van der Waals surface area contributed by atoms with Gasteiger partial charge in [0.25, 0.3) is 5.91 Å². The first kappa shape index (κ1) is 17.0. The van der Waals surface area contributed by atoms with Crippen molar-refractivity contribution in [3.8, 4) is 0 Å². The molecule has 8 nitrogen and oxygen atoms in total. The van der Waals surface area contributed by atoms with Crippen LogP contribution in [0.25, 0.3) is 0 Å². The number of aliphatic hydroxyl groups is 1. The average molecular weight is 323 g/mol. The minimum atomic E-state index is -0.616. The maximum atomic E-state index is 12.3. The molecule has 1 aromatic rings. The summed E-state index contributed by atoms with van der Waals surface area (Å²) in [5, 5.41) is 15.1. The summed E-state index contributed by atoms with van der Waals surface area (Å²) in [4.78, 5) is 36.3. The van der Waals surface area contributed by atoms with Gasteiger partial charge in [-0.3, -0.25) is 14.4 Å². The van der Waals surface area contributed by atoms with Gasteiger partial charge in [-0.2, -0.15) is 0 Å². The van der Waals surface area contributed by atoms with Crippen LogP contribution in [-0.4, -0.2) is 59.5 Å². The summed E-state index contributed by atoms with van der Waals surface area (Å²) in [6, 6.07) is 2.90. The number of nitrogens with zero attached hydrogens (tertiary/aromatic N) is 1. The number of hydrogen-bond donors (Lipinski definition) is 3.